The fourth-order valence-electron chi connectivity index (χ4n) is 2.06. The number of hydrogen-bond donors (Lipinski definition) is 1. The summed E-state index contributed by atoms with van der Waals surface area (Å²) in [6.07, 6.45) is 0. The summed E-state index contributed by atoms with van der Waals surface area (Å²) in [4.78, 5) is 12.3. The Hall–Kier alpha value is -1.69. The largest absolute Gasteiger partial charge is 0.363 e. The van der Waals surface area contributed by atoms with Gasteiger partial charge in [0, 0.05) is 25.7 Å². The molecule has 1 saturated heterocycles. The standard InChI is InChI=1S/C11H14FN3O2/c1-8-7-14(5-4-13-8)10-3-2-9(12)6-11(10)15(16)17/h2-3,6,8,13H,4-5,7H2,1H3. The van der Waals surface area contributed by atoms with Crippen LogP contribution in [-0.2, 0) is 0 Å². The van der Waals surface area contributed by atoms with E-state index >= 15 is 0 Å². The number of nitro benzene ring substituents is 1. The fourth-order valence-corrected chi connectivity index (χ4v) is 2.06. The van der Waals surface area contributed by atoms with Gasteiger partial charge < -0.3 is 10.2 Å². The third-order valence-electron chi connectivity index (χ3n) is 2.84. The van der Waals surface area contributed by atoms with Crippen LogP contribution in [-0.4, -0.2) is 30.6 Å². The average molecular weight is 239 g/mol. The van der Waals surface area contributed by atoms with Crippen molar-refractivity contribution in [1.82, 2.24) is 5.32 Å². The van der Waals surface area contributed by atoms with Gasteiger partial charge in [-0.2, -0.15) is 0 Å². The average Bonchev–Trinajstić information content (AvgIpc) is 2.28. The van der Waals surface area contributed by atoms with E-state index in [4.69, 9.17) is 0 Å². The molecule has 1 fully saturated rings. The smallest absolute Gasteiger partial charge is 0.295 e. The summed E-state index contributed by atoms with van der Waals surface area (Å²) in [5, 5.41) is 14.2. The quantitative estimate of drug-likeness (QED) is 0.628. The van der Waals surface area contributed by atoms with E-state index in [1.54, 1.807) is 0 Å². The number of nitro groups is 1. The van der Waals surface area contributed by atoms with Gasteiger partial charge in [-0.15, -0.1) is 0 Å². The van der Waals surface area contributed by atoms with Crippen molar-refractivity contribution in [3.05, 3.63) is 34.1 Å². The lowest BCUT2D eigenvalue weighted by Crippen LogP contribution is -2.49. The molecule has 1 N–H and O–H groups in total. The van der Waals surface area contributed by atoms with Crippen LogP contribution in [0.2, 0.25) is 0 Å². The zero-order valence-corrected chi connectivity index (χ0v) is 9.52. The van der Waals surface area contributed by atoms with Gasteiger partial charge in [0.25, 0.3) is 5.69 Å². The zero-order valence-electron chi connectivity index (χ0n) is 9.52. The second kappa shape index (κ2) is 4.67. The Morgan fingerprint density at radius 3 is 3.00 bits per heavy atom. The first-order valence-corrected chi connectivity index (χ1v) is 5.50. The van der Waals surface area contributed by atoms with E-state index in [2.05, 4.69) is 5.32 Å². The number of anilines is 1. The molecule has 1 atom stereocenters. The molecule has 6 heteroatoms. The first kappa shape index (κ1) is 11.8. The van der Waals surface area contributed by atoms with E-state index < -0.39 is 10.7 Å². The van der Waals surface area contributed by atoms with Crippen LogP contribution in [0.25, 0.3) is 0 Å². The Bertz CT molecular complexity index is 439. The summed E-state index contributed by atoms with van der Waals surface area (Å²) in [6.45, 7) is 4.17. The summed E-state index contributed by atoms with van der Waals surface area (Å²) in [7, 11) is 0. The highest BCUT2D eigenvalue weighted by atomic mass is 19.1. The molecule has 92 valence electrons. The molecule has 5 nitrogen and oxygen atoms in total. The molecule has 1 heterocycles. The molecule has 1 aliphatic heterocycles. The van der Waals surface area contributed by atoms with E-state index in [-0.39, 0.29) is 11.7 Å². The molecule has 1 unspecified atom stereocenters. The van der Waals surface area contributed by atoms with Crippen molar-refractivity contribution in [3.63, 3.8) is 0 Å². The third kappa shape index (κ3) is 2.52. The lowest BCUT2D eigenvalue weighted by atomic mass is 10.2. The van der Waals surface area contributed by atoms with E-state index in [0.717, 1.165) is 12.6 Å². The van der Waals surface area contributed by atoms with Crippen molar-refractivity contribution < 1.29 is 9.31 Å². The molecule has 1 aliphatic rings. The van der Waals surface area contributed by atoms with Crippen LogP contribution in [0.5, 0.6) is 0 Å². The minimum absolute atomic E-state index is 0.167. The lowest BCUT2D eigenvalue weighted by Gasteiger charge is -2.33. The van der Waals surface area contributed by atoms with Crippen molar-refractivity contribution in [2.24, 2.45) is 0 Å². The SMILES string of the molecule is CC1CN(c2ccc(F)cc2[N+](=O)[O-])CCN1. The molecule has 0 amide bonds. The molecule has 17 heavy (non-hydrogen) atoms. The number of hydrogen-bond acceptors (Lipinski definition) is 4. The molecule has 1 aromatic carbocycles. The van der Waals surface area contributed by atoms with Crippen LogP contribution in [0.3, 0.4) is 0 Å². The summed E-state index contributed by atoms with van der Waals surface area (Å²) in [6, 6.07) is 3.98. The fraction of sp³-hybridized carbons (Fsp3) is 0.455. The van der Waals surface area contributed by atoms with Crippen LogP contribution < -0.4 is 10.2 Å². The predicted octanol–water partition coefficient (Wildman–Crippen LogP) is 1.53. The second-order valence-corrected chi connectivity index (χ2v) is 4.19. The number of rotatable bonds is 2. The first-order valence-electron chi connectivity index (χ1n) is 5.50. The van der Waals surface area contributed by atoms with Gasteiger partial charge in [0.1, 0.15) is 11.5 Å². The van der Waals surface area contributed by atoms with Gasteiger partial charge in [-0.05, 0) is 19.1 Å². The molecule has 0 spiro atoms. The summed E-state index contributed by atoms with van der Waals surface area (Å²) >= 11 is 0. The molecule has 0 aliphatic carbocycles. The summed E-state index contributed by atoms with van der Waals surface area (Å²) < 4.78 is 13.0. The molecular formula is C11H14FN3O2. The van der Waals surface area contributed by atoms with E-state index in [9.17, 15) is 14.5 Å². The van der Waals surface area contributed by atoms with Crippen LogP contribution in [0.15, 0.2) is 18.2 Å². The van der Waals surface area contributed by atoms with Crippen LogP contribution in [0.4, 0.5) is 15.8 Å². The van der Waals surface area contributed by atoms with E-state index in [1.807, 2.05) is 11.8 Å². The molecule has 0 aromatic heterocycles. The van der Waals surface area contributed by atoms with Gasteiger partial charge >= 0.3 is 0 Å². The van der Waals surface area contributed by atoms with Gasteiger partial charge in [-0.3, -0.25) is 10.1 Å². The van der Waals surface area contributed by atoms with Crippen LogP contribution >= 0.6 is 0 Å². The van der Waals surface area contributed by atoms with Crippen molar-refractivity contribution in [3.8, 4) is 0 Å². The lowest BCUT2D eigenvalue weighted by molar-refractivity contribution is -0.384. The Morgan fingerprint density at radius 2 is 2.35 bits per heavy atom. The monoisotopic (exact) mass is 239 g/mol. The van der Waals surface area contributed by atoms with Crippen molar-refractivity contribution in [1.29, 1.82) is 0 Å². The minimum Gasteiger partial charge on any atom is -0.363 e. The summed E-state index contributed by atoms with van der Waals surface area (Å²) in [5.74, 6) is -0.580. The summed E-state index contributed by atoms with van der Waals surface area (Å²) in [5.41, 5.74) is 0.323. The Balaban J connectivity index is 2.33. The predicted molar refractivity (Wildman–Crippen MR) is 62.7 cm³/mol. The maximum absolute atomic E-state index is 13.0. The Labute approximate surface area is 98.4 Å². The van der Waals surface area contributed by atoms with Gasteiger partial charge in [-0.1, -0.05) is 0 Å². The minimum atomic E-state index is -0.580. The van der Waals surface area contributed by atoms with E-state index in [1.165, 1.54) is 12.1 Å². The Morgan fingerprint density at radius 1 is 1.59 bits per heavy atom. The topological polar surface area (TPSA) is 58.4 Å². The first-order chi connectivity index (χ1) is 8.08. The normalized spacial score (nSPS) is 20.4. The van der Waals surface area contributed by atoms with Crippen molar-refractivity contribution in [2.75, 3.05) is 24.5 Å². The molecule has 0 radical (unpaired) electrons. The van der Waals surface area contributed by atoms with Crippen LogP contribution in [0.1, 0.15) is 6.92 Å². The van der Waals surface area contributed by atoms with Gasteiger partial charge in [0.2, 0.25) is 0 Å². The highest BCUT2D eigenvalue weighted by Gasteiger charge is 2.23. The van der Waals surface area contributed by atoms with Crippen molar-refractivity contribution in [2.45, 2.75) is 13.0 Å². The van der Waals surface area contributed by atoms with E-state index in [0.29, 0.717) is 18.8 Å². The highest BCUT2D eigenvalue weighted by molar-refractivity contribution is 5.63. The number of benzene rings is 1. The number of nitrogens with one attached hydrogen (secondary N) is 1. The van der Waals surface area contributed by atoms with Crippen molar-refractivity contribution >= 4 is 11.4 Å². The maximum atomic E-state index is 13.0. The molecule has 0 bridgehead atoms. The number of nitrogens with zero attached hydrogens (tertiary/aromatic N) is 2. The number of halogens is 1. The second-order valence-electron chi connectivity index (χ2n) is 4.19. The number of piperazine rings is 1. The highest BCUT2D eigenvalue weighted by Crippen LogP contribution is 2.29. The third-order valence-corrected chi connectivity index (χ3v) is 2.84. The van der Waals surface area contributed by atoms with Gasteiger partial charge in [0.05, 0.1) is 11.0 Å². The molecule has 1 aromatic rings. The van der Waals surface area contributed by atoms with Gasteiger partial charge in [0.15, 0.2) is 0 Å². The molecule has 0 saturated carbocycles. The Kier molecular flexibility index (Phi) is 3.23. The molecule has 2 rings (SSSR count). The molecular weight excluding hydrogens is 225 g/mol. The maximum Gasteiger partial charge on any atom is 0.295 e. The van der Waals surface area contributed by atoms with Crippen LogP contribution in [0, 0.1) is 15.9 Å². The van der Waals surface area contributed by atoms with Gasteiger partial charge in [-0.25, -0.2) is 4.39 Å². The zero-order chi connectivity index (χ0) is 12.4.